The Hall–Kier alpha value is -0.0300. The molecule has 0 aromatic heterocycles. The second kappa shape index (κ2) is 6.82. The average Bonchev–Trinajstić information content (AvgIpc) is 2.38. The molecule has 2 N–H and O–H groups in total. The van der Waals surface area contributed by atoms with Crippen molar-refractivity contribution >= 4 is 27.7 Å². The van der Waals surface area contributed by atoms with E-state index in [1.807, 2.05) is 0 Å². The van der Waals surface area contributed by atoms with E-state index in [1.54, 1.807) is 0 Å². The van der Waals surface area contributed by atoms with Crippen LogP contribution in [0.1, 0.15) is 38.8 Å². The van der Waals surface area contributed by atoms with Crippen molar-refractivity contribution in [2.24, 2.45) is 5.73 Å². The molecular weight excluding hydrogens is 332 g/mol. The number of hydrogen-bond acceptors (Lipinski definition) is 3. The molecule has 1 heterocycles. The molecule has 1 aromatic carbocycles. The molecule has 1 aromatic rings. The van der Waals surface area contributed by atoms with Crippen LogP contribution in [0.2, 0.25) is 0 Å². The number of hydrogen-bond donors (Lipinski definition) is 1. The van der Waals surface area contributed by atoms with Crippen molar-refractivity contribution < 1.29 is 0 Å². The van der Waals surface area contributed by atoms with Crippen molar-refractivity contribution in [2.45, 2.75) is 44.0 Å². The lowest BCUT2D eigenvalue weighted by Gasteiger charge is -2.44. The Labute approximate surface area is 135 Å². The highest BCUT2D eigenvalue weighted by Gasteiger charge is 2.34. The summed E-state index contributed by atoms with van der Waals surface area (Å²) < 4.78 is 1.45. The molecular formula is C16H25BrN2S. The van der Waals surface area contributed by atoms with Crippen LogP contribution in [0.15, 0.2) is 28.7 Å². The predicted octanol–water partition coefficient (Wildman–Crippen LogP) is 4.05. The molecule has 0 saturated carbocycles. The van der Waals surface area contributed by atoms with Crippen molar-refractivity contribution in [2.75, 3.05) is 18.8 Å². The van der Waals surface area contributed by atoms with E-state index in [1.165, 1.54) is 11.3 Å². The SMILES string of the molecule is CCC(N)C(c1cccc(Br)c1)N1CCSC(C)(C)C1. The largest absolute Gasteiger partial charge is 0.326 e. The second-order valence-electron chi connectivity index (χ2n) is 6.15. The van der Waals surface area contributed by atoms with Gasteiger partial charge in [0.2, 0.25) is 0 Å². The summed E-state index contributed by atoms with van der Waals surface area (Å²) in [6, 6.07) is 9.11. The van der Waals surface area contributed by atoms with Gasteiger partial charge in [-0.25, -0.2) is 0 Å². The molecule has 0 radical (unpaired) electrons. The van der Waals surface area contributed by atoms with Crippen LogP contribution in [0.3, 0.4) is 0 Å². The van der Waals surface area contributed by atoms with E-state index in [0.717, 1.165) is 24.0 Å². The zero-order valence-electron chi connectivity index (χ0n) is 12.6. The number of rotatable bonds is 4. The molecule has 0 spiro atoms. The maximum absolute atomic E-state index is 6.45. The quantitative estimate of drug-likeness (QED) is 0.881. The van der Waals surface area contributed by atoms with E-state index >= 15 is 0 Å². The van der Waals surface area contributed by atoms with Crippen LogP contribution in [0.4, 0.5) is 0 Å². The van der Waals surface area contributed by atoms with E-state index < -0.39 is 0 Å². The van der Waals surface area contributed by atoms with Gasteiger partial charge in [0.1, 0.15) is 0 Å². The summed E-state index contributed by atoms with van der Waals surface area (Å²) in [5, 5.41) is 0. The summed E-state index contributed by atoms with van der Waals surface area (Å²) in [5.41, 5.74) is 7.78. The molecule has 2 rings (SSSR count). The molecule has 1 fully saturated rings. The first kappa shape index (κ1) is 16.3. The first-order valence-electron chi connectivity index (χ1n) is 7.32. The Morgan fingerprint density at radius 1 is 1.45 bits per heavy atom. The minimum absolute atomic E-state index is 0.184. The summed E-state index contributed by atoms with van der Waals surface area (Å²) >= 11 is 5.65. The average molecular weight is 357 g/mol. The van der Waals surface area contributed by atoms with Gasteiger partial charge in [-0.1, -0.05) is 35.0 Å². The van der Waals surface area contributed by atoms with E-state index in [4.69, 9.17) is 5.73 Å². The van der Waals surface area contributed by atoms with Crippen molar-refractivity contribution in [1.29, 1.82) is 0 Å². The van der Waals surface area contributed by atoms with Gasteiger partial charge in [-0.3, -0.25) is 4.90 Å². The fourth-order valence-electron chi connectivity index (χ4n) is 2.93. The normalized spacial score (nSPS) is 22.4. The van der Waals surface area contributed by atoms with Gasteiger partial charge in [0.25, 0.3) is 0 Å². The van der Waals surface area contributed by atoms with Crippen LogP contribution in [0.5, 0.6) is 0 Å². The standard InChI is InChI=1S/C16H25BrN2S/c1-4-14(18)15(12-6-5-7-13(17)10-12)19-8-9-20-16(2,3)11-19/h5-7,10,14-15H,4,8-9,11,18H2,1-3H3. The third-order valence-electron chi connectivity index (χ3n) is 3.92. The van der Waals surface area contributed by atoms with E-state index in [9.17, 15) is 0 Å². The summed E-state index contributed by atoms with van der Waals surface area (Å²) in [5.74, 6) is 1.19. The first-order chi connectivity index (χ1) is 9.43. The Bertz CT molecular complexity index is 450. The Morgan fingerprint density at radius 3 is 2.80 bits per heavy atom. The summed E-state index contributed by atoms with van der Waals surface area (Å²) in [4.78, 5) is 2.58. The molecule has 1 aliphatic heterocycles. The molecule has 1 saturated heterocycles. The smallest absolute Gasteiger partial charge is 0.0500 e. The minimum Gasteiger partial charge on any atom is -0.326 e. The fraction of sp³-hybridized carbons (Fsp3) is 0.625. The van der Waals surface area contributed by atoms with Gasteiger partial charge in [-0.2, -0.15) is 11.8 Å². The molecule has 20 heavy (non-hydrogen) atoms. The molecule has 112 valence electrons. The zero-order chi connectivity index (χ0) is 14.8. The summed E-state index contributed by atoms with van der Waals surface area (Å²) in [6.07, 6.45) is 1.00. The van der Waals surface area contributed by atoms with Crippen LogP contribution in [0, 0.1) is 0 Å². The Balaban J connectivity index is 2.28. The molecule has 4 heteroatoms. The third kappa shape index (κ3) is 4.00. The zero-order valence-corrected chi connectivity index (χ0v) is 15.0. The molecule has 2 atom stereocenters. The second-order valence-corrected chi connectivity index (χ2v) is 8.87. The Morgan fingerprint density at radius 2 is 2.20 bits per heavy atom. The highest BCUT2D eigenvalue weighted by molar-refractivity contribution is 9.10. The van der Waals surface area contributed by atoms with E-state index in [-0.39, 0.29) is 6.04 Å². The van der Waals surface area contributed by atoms with Crippen molar-refractivity contribution in [1.82, 2.24) is 4.90 Å². The lowest BCUT2D eigenvalue weighted by atomic mass is 9.95. The summed E-state index contributed by atoms with van der Waals surface area (Å²) in [7, 11) is 0. The highest BCUT2D eigenvalue weighted by Crippen LogP contribution is 2.36. The first-order valence-corrected chi connectivity index (χ1v) is 9.10. The van der Waals surface area contributed by atoms with Crippen LogP contribution in [-0.2, 0) is 0 Å². The van der Waals surface area contributed by atoms with Gasteiger partial charge in [-0.15, -0.1) is 0 Å². The minimum atomic E-state index is 0.184. The van der Waals surface area contributed by atoms with Gasteiger partial charge < -0.3 is 5.73 Å². The van der Waals surface area contributed by atoms with Gasteiger partial charge in [0.15, 0.2) is 0 Å². The summed E-state index contributed by atoms with van der Waals surface area (Å²) in [6.45, 7) is 9.07. The molecule has 1 aliphatic rings. The van der Waals surface area contributed by atoms with Crippen LogP contribution >= 0.6 is 27.7 Å². The monoisotopic (exact) mass is 356 g/mol. The van der Waals surface area contributed by atoms with Crippen LogP contribution in [-0.4, -0.2) is 34.5 Å². The lowest BCUT2D eigenvalue weighted by molar-refractivity contribution is 0.161. The molecule has 0 bridgehead atoms. The third-order valence-corrected chi connectivity index (χ3v) is 5.71. The number of nitrogens with two attached hydrogens (primary N) is 1. The van der Waals surface area contributed by atoms with Crippen molar-refractivity contribution in [3.8, 4) is 0 Å². The van der Waals surface area contributed by atoms with Gasteiger partial charge in [0.05, 0.1) is 0 Å². The predicted molar refractivity (Wildman–Crippen MR) is 93.3 cm³/mol. The molecule has 0 aliphatic carbocycles. The number of thioether (sulfide) groups is 1. The van der Waals surface area contributed by atoms with Crippen molar-refractivity contribution in [3.63, 3.8) is 0 Å². The highest BCUT2D eigenvalue weighted by atomic mass is 79.9. The number of nitrogens with zero attached hydrogens (tertiary/aromatic N) is 1. The van der Waals surface area contributed by atoms with Crippen LogP contribution in [0.25, 0.3) is 0 Å². The van der Waals surface area contributed by atoms with E-state index in [0.29, 0.717) is 10.8 Å². The van der Waals surface area contributed by atoms with E-state index in [2.05, 4.69) is 77.6 Å². The number of benzene rings is 1. The lowest BCUT2D eigenvalue weighted by Crippen LogP contribution is -2.49. The van der Waals surface area contributed by atoms with Gasteiger partial charge in [-0.05, 0) is 38.0 Å². The fourth-order valence-corrected chi connectivity index (χ4v) is 4.49. The van der Waals surface area contributed by atoms with Crippen molar-refractivity contribution in [3.05, 3.63) is 34.3 Å². The molecule has 2 nitrogen and oxygen atoms in total. The maximum atomic E-state index is 6.45. The maximum Gasteiger partial charge on any atom is 0.0500 e. The topological polar surface area (TPSA) is 29.3 Å². The molecule has 0 amide bonds. The Kier molecular flexibility index (Phi) is 5.57. The molecule has 2 unspecified atom stereocenters. The van der Waals surface area contributed by atoms with Gasteiger partial charge >= 0.3 is 0 Å². The van der Waals surface area contributed by atoms with Crippen LogP contribution < -0.4 is 5.73 Å². The van der Waals surface area contributed by atoms with Gasteiger partial charge in [0, 0.05) is 40.1 Å². The number of halogens is 1.